The smallest absolute Gasteiger partial charge is 0.289 e. The molecule has 0 bridgehead atoms. The molecule has 0 spiro atoms. The van der Waals surface area contributed by atoms with Crippen molar-refractivity contribution in [2.24, 2.45) is 0 Å². The van der Waals surface area contributed by atoms with Crippen molar-refractivity contribution in [3.8, 4) is 0 Å². The molecule has 100 valence electrons. The van der Waals surface area contributed by atoms with Gasteiger partial charge in [0.2, 0.25) is 5.76 Å². The van der Waals surface area contributed by atoms with E-state index in [1.165, 1.54) is 12.8 Å². The lowest BCUT2D eigenvalue weighted by atomic mass is 10.3. The lowest BCUT2D eigenvalue weighted by Gasteiger charge is -2.07. The van der Waals surface area contributed by atoms with E-state index >= 15 is 0 Å². The van der Waals surface area contributed by atoms with E-state index in [2.05, 4.69) is 19.9 Å². The van der Waals surface area contributed by atoms with E-state index < -0.39 is 0 Å². The van der Waals surface area contributed by atoms with Gasteiger partial charge >= 0.3 is 0 Å². The molecule has 0 radical (unpaired) electrons. The number of nitrogens with one attached hydrogen (secondary N) is 1. The van der Waals surface area contributed by atoms with Gasteiger partial charge < -0.3 is 14.3 Å². The number of amides is 1. The predicted octanol–water partition coefficient (Wildman–Crippen LogP) is 1.75. The maximum Gasteiger partial charge on any atom is 0.289 e. The Morgan fingerprint density at radius 3 is 2.95 bits per heavy atom. The van der Waals surface area contributed by atoms with Gasteiger partial charge in [0.05, 0.1) is 24.3 Å². The first-order valence-electron chi connectivity index (χ1n) is 6.38. The second-order valence-electron chi connectivity index (χ2n) is 4.85. The molecule has 1 aliphatic rings. The molecule has 6 heteroatoms. The Morgan fingerprint density at radius 1 is 1.53 bits per heavy atom. The molecular formula is C13H16N4O2. The average molecular weight is 260 g/mol. The van der Waals surface area contributed by atoms with Gasteiger partial charge in [-0.15, -0.1) is 0 Å². The third-order valence-electron chi connectivity index (χ3n) is 3.23. The molecule has 0 unspecified atom stereocenters. The first-order chi connectivity index (χ1) is 9.15. The summed E-state index contributed by atoms with van der Waals surface area (Å²) in [6.45, 7) is 3.94. The van der Waals surface area contributed by atoms with Gasteiger partial charge in [-0.3, -0.25) is 4.79 Å². The van der Waals surface area contributed by atoms with E-state index in [-0.39, 0.29) is 11.7 Å². The summed E-state index contributed by atoms with van der Waals surface area (Å²) in [6.07, 6.45) is 6.00. The van der Waals surface area contributed by atoms with Gasteiger partial charge in [0.25, 0.3) is 5.91 Å². The van der Waals surface area contributed by atoms with Crippen LogP contribution in [0.3, 0.4) is 0 Å². The predicted molar refractivity (Wildman–Crippen MR) is 67.6 cm³/mol. The van der Waals surface area contributed by atoms with E-state index in [1.807, 2.05) is 6.33 Å². The van der Waals surface area contributed by atoms with Gasteiger partial charge in [-0.25, -0.2) is 9.97 Å². The summed E-state index contributed by atoms with van der Waals surface area (Å²) >= 11 is 0. The van der Waals surface area contributed by atoms with Crippen LogP contribution in [0, 0.1) is 13.8 Å². The van der Waals surface area contributed by atoms with Crippen LogP contribution in [0.4, 0.5) is 0 Å². The molecule has 2 aromatic rings. The van der Waals surface area contributed by atoms with Crippen molar-refractivity contribution in [3.63, 3.8) is 0 Å². The lowest BCUT2D eigenvalue weighted by Crippen LogP contribution is -2.24. The van der Waals surface area contributed by atoms with Crippen molar-refractivity contribution in [2.45, 2.75) is 39.3 Å². The molecule has 0 atom stereocenters. The molecular weight excluding hydrogens is 244 g/mol. The number of carbonyl (C=O) groups is 1. The normalized spacial score (nSPS) is 14.6. The minimum Gasteiger partial charge on any atom is -0.436 e. The number of imidazole rings is 1. The number of oxazole rings is 1. The van der Waals surface area contributed by atoms with Crippen molar-refractivity contribution in [3.05, 3.63) is 35.6 Å². The number of carbonyl (C=O) groups excluding carboxylic acids is 1. The van der Waals surface area contributed by atoms with Crippen LogP contribution in [0.2, 0.25) is 0 Å². The summed E-state index contributed by atoms with van der Waals surface area (Å²) in [6, 6.07) is 0.559. The molecule has 2 aromatic heterocycles. The molecule has 1 saturated carbocycles. The lowest BCUT2D eigenvalue weighted by molar-refractivity contribution is 0.0920. The van der Waals surface area contributed by atoms with Crippen molar-refractivity contribution in [1.82, 2.24) is 19.9 Å². The van der Waals surface area contributed by atoms with Gasteiger partial charge in [-0.1, -0.05) is 0 Å². The van der Waals surface area contributed by atoms with Crippen LogP contribution >= 0.6 is 0 Å². The maximum absolute atomic E-state index is 12.0. The van der Waals surface area contributed by atoms with Crippen LogP contribution in [0.5, 0.6) is 0 Å². The fourth-order valence-electron chi connectivity index (χ4n) is 2.14. The summed E-state index contributed by atoms with van der Waals surface area (Å²) in [5.74, 6) is 0.558. The minimum atomic E-state index is -0.235. The first-order valence-corrected chi connectivity index (χ1v) is 6.38. The Balaban J connectivity index is 1.67. The minimum absolute atomic E-state index is 0.235. The van der Waals surface area contributed by atoms with Crippen molar-refractivity contribution in [2.75, 3.05) is 0 Å². The number of hydrogen-bond donors (Lipinski definition) is 1. The van der Waals surface area contributed by atoms with Gasteiger partial charge in [0, 0.05) is 19.2 Å². The Hall–Kier alpha value is -2.11. The molecule has 3 rings (SSSR count). The number of rotatable bonds is 4. The average Bonchev–Trinajstić information content (AvgIpc) is 3.01. The zero-order chi connectivity index (χ0) is 13.4. The number of nitrogens with zero attached hydrogens (tertiary/aromatic N) is 3. The number of hydrogen-bond acceptors (Lipinski definition) is 4. The van der Waals surface area contributed by atoms with Gasteiger partial charge in [0.1, 0.15) is 0 Å². The van der Waals surface area contributed by atoms with Crippen LogP contribution in [-0.2, 0) is 6.54 Å². The van der Waals surface area contributed by atoms with Gasteiger partial charge in [0.15, 0.2) is 5.89 Å². The van der Waals surface area contributed by atoms with Gasteiger partial charge in [-0.2, -0.15) is 0 Å². The number of aromatic nitrogens is 3. The molecule has 1 amide bonds. The van der Waals surface area contributed by atoms with Crippen molar-refractivity contribution < 1.29 is 9.21 Å². The highest BCUT2D eigenvalue weighted by Gasteiger charge is 2.25. The topological polar surface area (TPSA) is 73.0 Å². The fraction of sp³-hybridized carbons (Fsp3) is 0.462. The highest BCUT2D eigenvalue weighted by molar-refractivity contribution is 5.92. The summed E-state index contributed by atoms with van der Waals surface area (Å²) in [7, 11) is 0. The summed E-state index contributed by atoms with van der Waals surface area (Å²) < 4.78 is 7.41. The summed E-state index contributed by atoms with van der Waals surface area (Å²) in [5, 5.41) is 2.85. The van der Waals surface area contributed by atoms with E-state index in [0.717, 1.165) is 5.69 Å². The van der Waals surface area contributed by atoms with Crippen LogP contribution in [0.15, 0.2) is 16.9 Å². The zero-order valence-electron chi connectivity index (χ0n) is 11.0. The molecule has 19 heavy (non-hydrogen) atoms. The van der Waals surface area contributed by atoms with Crippen molar-refractivity contribution >= 4 is 5.91 Å². The quantitative estimate of drug-likeness (QED) is 0.909. The van der Waals surface area contributed by atoms with Gasteiger partial charge in [-0.05, 0) is 19.8 Å². The first kappa shape index (κ1) is 12.0. The molecule has 2 heterocycles. The third-order valence-corrected chi connectivity index (χ3v) is 3.23. The molecule has 0 aromatic carbocycles. The largest absolute Gasteiger partial charge is 0.436 e. The molecule has 1 N–H and O–H groups in total. The zero-order valence-corrected chi connectivity index (χ0v) is 11.0. The summed E-state index contributed by atoms with van der Waals surface area (Å²) in [4.78, 5) is 20.2. The van der Waals surface area contributed by atoms with Crippen LogP contribution in [0.1, 0.15) is 46.7 Å². The molecule has 1 aliphatic carbocycles. The Kier molecular flexibility index (Phi) is 2.85. The Bertz CT molecular complexity index is 610. The van der Waals surface area contributed by atoms with Crippen LogP contribution in [0.25, 0.3) is 0 Å². The highest BCUT2D eigenvalue weighted by atomic mass is 16.4. The Morgan fingerprint density at radius 2 is 2.32 bits per heavy atom. The van der Waals surface area contributed by atoms with E-state index in [9.17, 15) is 4.79 Å². The molecule has 0 saturated heterocycles. The highest BCUT2D eigenvalue weighted by Crippen LogP contribution is 2.35. The SMILES string of the molecule is Cc1nc(C)c(C(=O)NCc2cncn2C2CC2)o1. The van der Waals surface area contributed by atoms with E-state index in [1.54, 1.807) is 20.0 Å². The third kappa shape index (κ3) is 2.38. The molecule has 1 fully saturated rings. The fourth-order valence-corrected chi connectivity index (χ4v) is 2.14. The number of aryl methyl sites for hydroxylation is 2. The summed E-state index contributed by atoms with van der Waals surface area (Å²) in [5.41, 5.74) is 1.63. The van der Waals surface area contributed by atoms with E-state index in [0.29, 0.717) is 24.2 Å². The van der Waals surface area contributed by atoms with Crippen LogP contribution in [-0.4, -0.2) is 20.4 Å². The Labute approximate surface area is 110 Å². The second-order valence-corrected chi connectivity index (χ2v) is 4.85. The maximum atomic E-state index is 12.0. The molecule has 6 nitrogen and oxygen atoms in total. The molecule has 0 aliphatic heterocycles. The van der Waals surface area contributed by atoms with Crippen molar-refractivity contribution in [1.29, 1.82) is 0 Å². The standard InChI is InChI=1S/C13H16N4O2/c1-8-12(19-9(2)16-8)13(18)15-6-11-5-14-7-17(11)10-3-4-10/h5,7,10H,3-4,6H2,1-2H3,(H,15,18). The monoisotopic (exact) mass is 260 g/mol. The second kappa shape index (κ2) is 4.53. The van der Waals surface area contributed by atoms with Crippen LogP contribution < -0.4 is 5.32 Å². The van der Waals surface area contributed by atoms with E-state index in [4.69, 9.17) is 4.42 Å².